The zero-order valence-corrected chi connectivity index (χ0v) is 28.8. The van der Waals surface area contributed by atoms with E-state index >= 15 is 0 Å². The predicted octanol–water partition coefficient (Wildman–Crippen LogP) is 7.63. The van der Waals surface area contributed by atoms with Gasteiger partial charge in [-0.15, -0.1) is 0 Å². The van der Waals surface area contributed by atoms with Crippen LogP contribution in [-0.2, 0) is 19.2 Å². The highest BCUT2D eigenvalue weighted by Gasteiger charge is 2.49. The van der Waals surface area contributed by atoms with E-state index in [1.807, 2.05) is 18.2 Å². The highest BCUT2D eigenvalue weighted by Crippen LogP contribution is 2.54. The van der Waals surface area contributed by atoms with Crippen LogP contribution in [0.15, 0.2) is 69.3 Å². The molecule has 4 aliphatic carbocycles. The van der Waals surface area contributed by atoms with Crippen molar-refractivity contribution in [3.63, 3.8) is 0 Å². The normalized spacial score (nSPS) is 27.1. The first-order chi connectivity index (χ1) is 21.3. The Morgan fingerprint density at radius 1 is 0.457 bits per heavy atom. The summed E-state index contributed by atoms with van der Waals surface area (Å²) in [6, 6.07) is 8.13. The molecule has 6 aliphatic rings. The second-order valence-electron chi connectivity index (χ2n) is 18.1. The molecule has 7 rings (SSSR count). The quantitative estimate of drug-likeness (QED) is 0.353. The van der Waals surface area contributed by atoms with E-state index in [9.17, 15) is 19.2 Å². The number of dihydropyridines is 2. The van der Waals surface area contributed by atoms with Gasteiger partial charge in [0.1, 0.15) is 0 Å². The van der Waals surface area contributed by atoms with E-state index in [0.717, 1.165) is 59.6 Å². The first kappa shape index (κ1) is 31.1. The lowest BCUT2D eigenvalue weighted by molar-refractivity contribution is -0.120. The number of ketones is 4. The number of nitrogens with one attached hydrogen (secondary N) is 2. The molecular formula is C40H48N2O4. The van der Waals surface area contributed by atoms with Crippen molar-refractivity contribution in [1.29, 1.82) is 0 Å². The SMILES string of the molecule is CC1(C)CC(=O)C2=C(C1)NC1=C(C(=O)CC(C)(C)C1)C2c1cccc(C2C3=C(CC(C)(C)CC3=O)NC3=C2C(=O)CC(C)(C)C3)c1. The largest absolute Gasteiger partial charge is 0.362 e. The van der Waals surface area contributed by atoms with Crippen LogP contribution in [0.1, 0.15) is 130 Å². The summed E-state index contributed by atoms with van der Waals surface area (Å²) in [6.07, 6.45) is 4.69. The van der Waals surface area contributed by atoms with Crippen LogP contribution in [0.5, 0.6) is 0 Å². The first-order valence-electron chi connectivity index (χ1n) is 17.0. The van der Waals surface area contributed by atoms with E-state index in [4.69, 9.17) is 0 Å². The Morgan fingerprint density at radius 3 is 0.978 bits per heavy atom. The monoisotopic (exact) mass is 620 g/mol. The molecule has 0 unspecified atom stereocenters. The van der Waals surface area contributed by atoms with Crippen molar-refractivity contribution in [1.82, 2.24) is 10.6 Å². The van der Waals surface area contributed by atoms with Crippen LogP contribution in [0.25, 0.3) is 0 Å². The molecule has 0 amide bonds. The molecule has 0 bridgehead atoms. The molecule has 0 radical (unpaired) electrons. The summed E-state index contributed by atoms with van der Waals surface area (Å²) in [5, 5.41) is 7.23. The number of carbonyl (C=O) groups excluding carboxylic acids is 4. The third-order valence-corrected chi connectivity index (χ3v) is 11.0. The van der Waals surface area contributed by atoms with Crippen molar-refractivity contribution in [2.45, 2.75) is 119 Å². The van der Waals surface area contributed by atoms with Crippen LogP contribution in [0.4, 0.5) is 0 Å². The molecule has 0 fully saturated rings. The molecule has 1 aromatic carbocycles. The molecule has 6 nitrogen and oxygen atoms in total. The fourth-order valence-electron chi connectivity index (χ4n) is 9.36. The maximum Gasteiger partial charge on any atom is 0.162 e. The molecule has 2 heterocycles. The van der Waals surface area contributed by atoms with Crippen LogP contribution >= 0.6 is 0 Å². The van der Waals surface area contributed by atoms with Crippen LogP contribution in [0.2, 0.25) is 0 Å². The lowest BCUT2D eigenvalue weighted by Gasteiger charge is -2.44. The minimum absolute atomic E-state index is 0.0876. The molecule has 46 heavy (non-hydrogen) atoms. The Labute approximate surface area is 273 Å². The van der Waals surface area contributed by atoms with Gasteiger partial charge in [-0.1, -0.05) is 79.7 Å². The summed E-state index contributed by atoms with van der Waals surface area (Å²) in [4.78, 5) is 55.8. The standard InChI is InChI=1S/C40H48N2O4/c1-37(2)13-23-33(27(43)17-37)31(34-24(41-23)14-38(3,4)18-28(34)44)21-10-9-11-22(12-21)32-35-25(15-39(5,6)19-29(35)45)42-26-16-40(7,8)20-30(46)36(26)32/h9-12,31-32,41-42H,13-20H2,1-8H3. The molecule has 0 saturated heterocycles. The molecule has 0 aromatic heterocycles. The van der Waals surface area contributed by atoms with Gasteiger partial charge >= 0.3 is 0 Å². The van der Waals surface area contributed by atoms with Crippen LogP contribution in [-0.4, -0.2) is 23.1 Å². The van der Waals surface area contributed by atoms with Crippen molar-refractivity contribution in [2.24, 2.45) is 21.7 Å². The van der Waals surface area contributed by atoms with Gasteiger partial charge in [0.15, 0.2) is 23.1 Å². The fraction of sp³-hybridized carbons (Fsp3) is 0.550. The van der Waals surface area contributed by atoms with Crippen molar-refractivity contribution < 1.29 is 19.2 Å². The van der Waals surface area contributed by atoms with E-state index in [-0.39, 0.29) is 44.8 Å². The molecule has 1 aromatic rings. The van der Waals surface area contributed by atoms with Crippen LogP contribution in [0.3, 0.4) is 0 Å². The average Bonchev–Trinajstić information content (AvgIpc) is 2.88. The molecule has 0 saturated carbocycles. The third kappa shape index (κ3) is 5.16. The Hall–Kier alpha value is -3.54. The summed E-state index contributed by atoms with van der Waals surface area (Å²) in [5.74, 6) is -0.587. The molecule has 2 N–H and O–H groups in total. The van der Waals surface area contributed by atoms with Gasteiger partial charge in [-0.05, 0) is 58.5 Å². The zero-order valence-electron chi connectivity index (χ0n) is 28.8. The average molecular weight is 621 g/mol. The number of rotatable bonds is 2. The lowest BCUT2D eigenvalue weighted by Crippen LogP contribution is -2.43. The summed E-state index contributed by atoms with van der Waals surface area (Å²) < 4.78 is 0. The molecule has 6 heteroatoms. The van der Waals surface area contributed by atoms with E-state index in [2.05, 4.69) is 72.1 Å². The van der Waals surface area contributed by atoms with Gasteiger partial charge in [-0.2, -0.15) is 0 Å². The van der Waals surface area contributed by atoms with Gasteiger partial charge in [0.25, 0.3) is 0 Å². The van der Waals surface area contributed by atoms with Crippen molar-refractivity contribution in [3.8, 4) is 0 Å². The van der Waals surface area contributed by atoms with Gasteiger partial charge in [-0.3, -0.25) is 19.2 Å². The molecule has 0 spiro atoms. The topological polar surface area (TPSA) is 92.3 Å². The van der Waals surface area contributed by atoms with E-state index in [1.54, 1.807) is 0 Å². The number of hydrogen-bond acceptors (Lipinski definition) is 6. The van der Waals surface area contributed by atoms with Crippen molar-refractivity contribution in [3.05, 3.63) is 80.5 Å². The van der Waals surface area contributed by atoms with Gasteiger partial charge in [0.05, 0.1) is 0 Å². The van der Waals surface area contributed by atoms with E-state index < -0.39 is 11.8 Å². The molecule has 2 aliphatic heterocycles. The molecule has 0 atom stereocenters. The Kier molecular flexibility index (Phi) is 6.74. The lowest BCUT2D eigenvalue weighted by atomic mass is 9.63. The number of carbonyl (C=O) groups is 4. The Bertz CT molecular complexity index is 1540. The third-order valence-electron chi connectivity index (χ3n) is 11.0. The van der Waals surface area contributed by atoms with E-state index in [0.29, 0.717) is 48.0 Å². The van der Waals surface area contributed by atoms with E-state index in [1.165, 1.54) is 0 Å². The molecule has 242 valence electrons. The summed E-state index contributed by atoms with van der Waals surface area (Å²) in [5.41, 5.74) is 7.65. The smallest absolute Gasteiger partial charge is 0.162 e. The Morgan fingerprint density at radius 2 is 0.717 bits per heavy atom. The highest BCUT2D eigenvalue weighted by molar-refractivity contribution is 6.08. The number of allylic oxidation sites excluding steroid dienone is 8. The predicted molar refractivity (Wildman–Crippen MR) is 178 cm³/mol. The van der Waals surface area contributed by atoms with Gasteiger partial charge in [-0.25, -0.2) is 0 Å². The van der Waals surface area contributed by atoms with Crippen LogP contribution in [0, 0.1) is 21.7 Å². The van der Waals surface area contributed by atoms with Crippen molar-refractivity contribution in [2.75, 3.05) is 0 Å². The maximum absolute atomic E-state index is 14.0. The highest BCUT2D eigenvalue weighted by atomic mass is 16.1. The second-order valence-corrected chi connectivity index (χ2v) is 18.1. The molecular weight excluding hydrogens is 572 g/mol. The van der Waals surface area contributed by atoms with Gasteiger partial charge in [0, 0.05) is 82.6 Å². The number of hydrogen-bond donors (Lipinski definition) is 2. The minimum atomic E-state index is -0.469. The van der Waals surface area contributed by atoms with Gasteiger partial charge < -0.3 is 10.6 Å². The number of Topliss-reactive ketones (excluding diaryl/α,β-unsaturated/α-hetero) is 4. The maximum atomic E-state index is 14.0. The summed E-state index contributed by atoms with van der Waals surface area (Å²) >= 11 is 0. The number of benzene rings is 1. The Balaban J connectivity index is 1.42. The van der Waals surface area contributed by atoms with Crippen molar-refractivity contribution >= 4 is 23.1 Å². The van der Waals surface area contributed by atoms with Gasteiger partial charge in [0.2, 0.25) is 0 Å². The fourth-order valence-corrected chi connectivity index (χ4v) is 9.36. The van der Waals surface area contributed by atoms with Crippen LogP contribution < -0.4 is 10.6 Å². The second kappa shape index (κ2) is 9.98. The first-order valence-corrected chi connectivity index (χ1v) is 17.0. The summed E-state index contributed by atoms with van der Waals surface area (Å²) in [6.45, 7) is 17.0. The zero-order chi connectivity index (χ0) is 33.1. The minimum Gasteiger partial charge on any atom is -0.362 e. The summed E-state index contributed by atoms with van der Waals surface area (Å²) in [7, 11) is 0.